The molecule has 70 heavy (non-hydrogen) atoms. The van der Waals surface area contributed by atoms with E-state index in [1.54, 1.807) is 12.3 Å². The molecule has 0 unspecified atom stereocenters. The van der Waals surface area contributed by atoms with Gasteiger partial charge in [0.25, 0.3) is 21.6 Å². The Morgan fingerprint density at radius 1 is 0.971 bits per heavy atom. The number of hydrogen-bond donors (Lipinski definition) is 4. The van der Waals surface area contributed by atoms with Crippen LogP contribution in [0.2, 0.25) is 0 Å². The van der Waals surface area contributed by atoms with E-state index in [0.29, 0.717) is 73.5 Å². The summed E-state index contributed by atoms with van der Waals surface area (Å²) in [7, 11) is -4.61. The van der Waals surface area contributed by atoms with Crippen molar-refractivity contribution in [3.8, 4) is 5.88 Å². The summed E-state index contributed by atoms with van der Waals surface area (Å²) in [5.41, 5.74) is 5.07. The van der Waals surface area contributed by atoms with Gasteiger partial charge in [-0.05, 0) is 149 Å². The fourth-order valence-electron chi connectivity index (χ4n) is 12.5. The smallest absolute Gasteiger partial charge is 0.293 e. The number of fused-ring (bicyclic) bond motifs is 3. The number of aromatic nitrogens is 2. The number of amides is 1. The van der Waals surface area contributed by atoms with Crippen molar-refractivity contribution in [3.05, 3.63) is 106 Å². The molecule has 17 heteroatoms. The lowest BCUT2D eigenvalue weighted by molar-refractivity contribution is -0.384. The second-order valence-corrected chi connectivity index (χ2v) is 23.2. The number of aromatic amines is 1. The molecule has 3 atom stereocenters. The number of likely N-dealkylation sites (tertiary alicyclic amines) is 1. The quantitative estimate of drug-likeness (QED) is 0.0684. The molecule has 11 rings (SSSR count). The van der Waals surface area contributed by atoms with Crippen molar-refractivity contribution in [2.75, 3.05) is 54.5 Å². The molecular formula is C53H64N8O8S. The molecule has 0 bridgehead atoms. The normalized spacial score (nSPS) is 25.7. The highest BCUT2D eigenvalue weighted by atomic mass is 32.2. The molecule has 1 spiro atoms. The van der Waals surface area contributed by atoms with Gasteiger partial charge in [-0.15, -0.1) is 0 Å². The van der Waals surface area contributed by atoms with E-state index >= 15 is 0 Å². The summed E-state index contributed by atoms with van der Waals surface area (Å²) in [6, 6.07) is 22.8. The van der Waals surface area contributed by atoms with Gasteiger partial charge in [0, 0.05) is 55.1 Å². The highest BCUT2D eigenvalue weighted by molar-refractivity contribution is 7.90. The van der Waals surface area contributed by atoms with Gasteiger partial charge in [-0.25, -0.2) is 13.1 Å². The molecule has 2 aliphatic carbocycles. The van der Waals surface area contributed by atoms with Crippen molar-refractivity contribution in [2.24, 2.45) is 11.3 Å². The van der Waals surface area contributed by atoms with Crippen molar-refractivity contribution < 1.29 is 32.7 Å². The Bertz CT molecular complexity index is 2910. The number of carbonyl (C=O) groups is 1. The van der Waals surface area contributed by atoms with Gasteiger partial charge in [0.15, 0.2) is 0 Å². The number of sulfonamides is 1. The Morgan fingerprint density at radius 2 is 1.76 bits per heavy atom. The fraction of sp³-hybridized carbons (Fsp3) is 0.509. The number of nitro benzene ring substituents is 1. The van der Waals surface area contributed by atoms with Gasteiger partial charge >= 0.3 is 0 Å². The van der Waals surface area contributed by atoms with Gasteiger partial charge in [0.1, 0.15) is 23.1 Å². The Hall–Kier alpha value is -5.75. The van der Waals surface area contributed by atoms with Crippen LogP contribution in [0.4, 0.5) is 28.4 Å². The number of nitrogens with zero attached hydrogens (tertiary/aromatic N) is 5. The second kappa shape index (κ2) is 18.1. The van der Waals surface area contributed by atoms with Crippen LogP contribution in [-0.2, 0) is 14.8 Å². The Labute approximate surface area is 409 Å². The van der Waals surface area contributed by atoms with Crippen LogP contribution in [0.15, 0.2) is 83.9 Å². The molecule has 2 aromatic heterocycles. The molecule has 370 valence electrons. The van der Waals surface area contributed by atoms with Crippen molar-refractivity contribution >= 4 is 55.4 Å². The minimum Gasteiger partial charge on any atom is -0.468 e. The van der Waals surface area contributed by atoms with Crippen LogP contribution in [0.3, 0.4) is 0 Å². The lowest BCUT2D eigenvalue weighted by Gasteiger charge is -2.56. The number of benzene rings is 3. The third kappa shape index (κ3) is 8.76. The number of nitrogens with one attached hydrogen (secondary N) is 3. The lowest BCUT2D eigenvalue weighted by atomic mass is 9.59. The van der Waals surface area contributed by atoms with Crippen molar-refractivity contribution in [3.63, 3.8) is 0 Å². The van der Waals surface area contributed by atoms with Crippen molar-refractivity contribution in [2.45, 2.75) is 126 Å². The topological polar surface area (TPSA) is 196 Å². The summed E-state index contributed by atoms with van der Waals surface area (Å²) in [5.74, 6) is 0.177. The van der Waals surface area contributed by atoms with Gasteiger partial charge in [-0.1, -0.05) is 38.1 Å². The zero-order chi connectivity index (χ0) is 48.5. The number of ether oxygens (including phenoxy) is 2. The van der Waals surface area contributed by atoms with Gasteiger partial charge in [0.05, 0.1) is 45.9 Å². The van der Waals surface area contributed by atoms with Gasteiger partial charge in [-0.3, -0.25) is 19.8 Å². The van der Waals surface area contributed by atoms with Crippen LogP contribution in [0.5, 0.6) is 5.88 Å². The third-order valence-corrected chi connectivity index (χ3v) is 17.9. The second-order valence-electron chi connectivity index (χ2n) is 21.5. The number of aliphatic hydroxyl groups is 1. The Kier molecular flexibility index (Phi) is 12.1. The first-order valence-corrected chi connectivity index (χ1v) is 26.7. The molecule has 3 saturated heterocycles. The first-order valence-electron chi connectivity index (χ1n) is 25.2. The van der Waals surface area contributed by atoms with Crippen LogP contribution < -0.4 is 24.6 Å². The molecule has 2 saturated carbocycles. The van der Waals surface area contributed by atoms with Crippen molar-refractivity contribution in [1.82, 2.24) is 19.6 Å². The molecule has 4 aliphatic heterocycles. The van der Waals surface area contributed by atoms with E-state index in [0.717, 1.165) is 62.5 Å². The maximum atomic E-state index is 14.6. The predicted molar refractivity (Wildman–Crippen MR) is 269 cm³/mol. The molecule has 6 heterocycles. The van der Waals surface area contributed by atoms with Crippen molar-refractivity contribution in [1.29, 1.82) is 0 Å². The van der Waals surface area contributed by atoms with Gasteiger partial charge in [0.2, 0.25) is 5.88 Å². The maximum Gasteiger partial charge on any atom is 0.293 e. The van der Waals surface area contributed by atoms with Crippen LogP contribution in [-0.4, -0.2) is 102 Å². The van der Waals surface area contributed by atoms with E-state index in [-0.39, 0.29) is 28.6 Å². The summed E-state index contributed by atoms with van der Waals surface area (Å²) < 4.78 is 42.9. The summed E-state index contributed by atoms with van der Waals surface area (Å²) in [4.78, 5) is 41.1. The molecule has 4 N–H and O–H groups in total. The van der Waals surface area contributed by atoms with Crippen LogP contribution in [0, 0.1) is 21.4 Å². The van der Waals surface area contributed by atoms with Crippen LogP contribution >= 0.6 is 0 Å². The van der Waals surface area contributed by atoms with E-state index in [4.69, 9.17) is 14.5 Å². The number of anilines is 4. The molecule has 5 aromatic rings. The highest BCUT2D eigenvalue weighted by Crippen LogP contribution is 2.55. The number of carbonyl (C=O) groups excluding carboxylic acids is 1. The molecule has 0 radical (unpaired) electrons. The standard InChI is InChI=1S/C53H64N8O8S/c1-33(2)39-7-4-5-8-40(39)43-9-6-22-59(43)37-28-53(29-37)19-23-58(24-20-53)36-10-12-41(44(26-36)60-46-25-35-16-21-54-49(35)56-51(46)69-48-32-68-31-47(48)60)50(62)57-70(66,67)38-11-13-42(45(27-38)61(64)65)55-30-34-14-17-52(3,63)18-15-34/h4-5,7-8,10-13,16,21,25-27,33-34,37,43,47-48,55,63H,6,9,14-15,17-20,22-24,28-32H2,1-3H3,(H,54,56)(H,57,62)/t34?,43-,47-,48+,52?/m0/s1. The lowest BCUT2D eigenvalue weighted by Crippen LogP contribution is -2.55. The molecule has 3 aromatic carbocycles. The maximum absolute atomic E-state index is 14.6. The molecular weight excluding hydrogens is 909 g/mol. The molecule has 6 aliphatic rings. The number of hydrogen-bond acceptors (Lipinski definition) is 13. The fourth-order valence-corrected chi connectivity index (χ4v) is 13.5. The first kappa shape index (κ1) is 46.6. The molecule has 1 amide bonds. The van der Waals surface area contributed by atoms with Gasteiger partial charge in [-0.2, -0.15) is 4.98 Å². The first-order chi connectivity index (χ1) is 33.6. The van der Waals surface area contributed by atoms with E-state index < -0.39 is 43.1 Å². The van der Waals surface area contributed by atoms with E-state index in [2.05, 4.69) is 62.9 Å². The Morgan fingerprint density at radius 3 is 2.53 bits per heavy atom. The summed E-state index contributed by atoms with van der Waals surface area (Å²) >= 11 is 0. The molecule has 16 nitrogen and oxygen atoms in total. The monoisotopic (exact) mass is 972 g/mol. The zero-order valence-corrected chi connectivity index (χ0v) is 41.0. The summed E-state index contributed by atoms with van der Waals surface area (Å²) in [6.45, 7) is 10.3. The summed E-state index contributed by atoms with van der Waals surface area (Å²) in [6.07, 6.45) is 11.1. The minimum atomic E-state index is -4.61. The number of pyridine rings is 1. The SMILES string of the molecule is CC(C)c1ccccc1[C@@H]1CCCN1C1CC2(CCN(c3ccc(C(=O)NS(=O)(=O)c4ccc(NCC5CCC(C)(O)CC5)c([N+](=O)[O-])c4)c(N4c5cc6cc[nH]c6nc5O[C@@H]5COC[C@@H]54)c3)CC2)C1. The number of H-pyrrole nitrogens is 1. The number of piperidine rings is 1. The largest absolute Gasteiger partial charge is 0.468 e. The zero-order valence-electron chi connectivity index (χ0n) is 40.2. The van der Waals surface area contributed by atoms with Crippen LogP contribution in [0.1, 0.15) is 118 Å². The van der Waals surface area contributed by atoms with Gasteiger partial charge < -0.3 is 34.7 Å². The van der Waals surface area contributed by atoms with E-state index in [1.165, 1.54) is 48.9 Å². The Balaban J connectivity index is 0.856. The van der Waals surface area contributed by atoms with E-state index in [9.17, 15) is 28.4 Å². The van der Waals surface area contributed by atoms with E-state index in [1.807, 2.05) is 36.1 Å². The number of rotatable bonds is 12. The minimum absolute atomic E-state index is 0.105. The highest BCUT2D eigenvalue weighted by Gasteiger charge is 2.50. The number of nitro groups is 1. The average molecular weight is 973 g/mol. The molecule has 5 fully saturated rings. The summed E-state index contributed by atoms with van der Waals surface area (Å²) in [5, 5.41) is 26.7. The average Bonchev–Trinajstić information content (AvgIpc) is 4.13. The van der Waals surface area contributed by atoms with Crippen LogP contribution in [0.25, 0.3) is 11.0 Å². The predicted octanol–water partition coefficient (Wildman–Crippen LogP) is 8.95. The third-order valence-electron chi connectivity index (χ3n) is 16.6.